The average Bonchev–Trinajstić information content (AvgIpc) is 3.35. The summed E-state index contributed by atoms with van der Waals surface area (Å²) in [5.74, 6) is 1.71. The lowest BCUT2D eigenvalue weighted by Crippen LogP contribution is -2.14. The number of rotatable bonds is 6. The zero-order valence-electron chi connectivity index (χ0n) is 15.3. The number of carbonyl (C=O) groups excluding carboxylic acids is 1. The molecule has 0 atom stereocenters. The first-order valence-electron chi connectivity index (χ1n) is 8.52. The van der Waals surface area contributed by atoms with Crippen molar-refractivity contribution in [3.63, 3.8) is 0 Å². The van der Waals surface area contributed by atoms with E-state index in [1.807, 2.05) is 49.3 Å². The van der Waals surface area contributed by atoms with Crippen LogP contribution in [0, 0.1) is 0 Å². The van der Waals surface area contributed by atoms with E-state index in [0.29, 0.717) is 22.6 Å². The van der Waals surface area contributed by atoms with Gasteiger partial charge in [0.1, 0.15) is 0 Å². The summed E-state index contributed by atoms with van der Waals surface area (Å²) in [6, 6.07) is 13.0. The molecule has 0 radical (unpaired) electrons. The van der Waals surface area contributed by atoms with Gasteiger partial charge < -0.3 is 24.1 Å². The third-order valence-corrected chi connectivity index (χ3v) is 4.84. The molecule has 144 valence electrons. The highest BCUT2D eigenvalue weighted by molar-refractivity contribution is 7.99. The van der Waals surface area contributed by atoms with Gasteiger partial charge in [0.2, 0.25) is 18.6 Å². The van der Waals surface area contributed by atoms with Crippen LogP contribution in [0.4, 0.5) is 11.4 Å². The summed E-state index contributed by atoms with van der Waals surface area (Å²) in [5, 5.41) is 11.2. The van der Waals surface area contributed by atoms with E-state index in [-0.39, 0.29) is 18.5 Å². The van der Waals surface area contributed by atoms with E-state index in [1.165, 1.54) is 11.8 Å². The fraction of sp³-hybridized carbons (Fsp3) is 0.211. The lowest BCUT2D eigenvalue weighted by atomic mass is 10.2. The predicted octanol–water partition coefficient (Wildman–Crippen LogP) is 3.26. The largest absolute Gasteiger partial charge is 0.454 e. The molecule has 0 unspecified atom stereocenters. The molecule has 28 heavy (non-hydrogen) atoms. The van der Waals surface area contributed by atoms with Crippen LogP contribution in [0.15, 0.2) is 52.1 Å². The maximum Gasteiger partial charge on any atom is 0.277 e. The number of hydrogen-bond acceptors (Lipinski definition) is 8. The SMILES string of the molecule is CN(C)c1ccc(NC(=O)CSc2nnc(-c3ccc4c(c3)OCO4)o2)cc1. The van der Waals surface area contributed by atoms with Crippen molar-refractivity contribution in [1.82, 2.24) is 10.2 Å². The number of hydrogen-bond donors (Lipinski definition) is 1. The van der Waals surface area contributed by atoms with E-state index in [1.54, 1.807) is 12.1 Å². The molecule has 3 aromatic rings. The van der Waals surface area contributed by atoms with Gasteiger partial charge >= 0.3 is 0 Å². The Morgan fingerprint density at radius 3 is 2.68 bits per heavy atom. The van der Waals surface area contributed by atoms with Gasteiger partial charge in [-0.2, -0.15) is 0 Å². The van der Waals surface area contributed by atoms with Crippen LogP contribution in [0.1, 0.15) is 0 Å². The van der Waals surface area contributed by atoms with E-state index in [0.717, 1.165) is 16.9 Å². The quantitative estimate of drug-likeness (QED) is 0.633. The summed E-state index contributed by atoms with van der Waals surface area (Å²) in [6.07, 6.45) is 0. The number of aromatic nitrogens is 2. The molecule has 0 saturated heterocycles. The molecule has 0 fully saturated rings. The first-order valence-corrected chi connectivity index (χ1v) is 9.50. The molecule has 1 aliphatic heterocycles. The Morgan fingerprint density at radius 2 is 1.89 bits per heavy atom. The molecule has 0 spiro atoms. The molecule has 1 aliphatic rings. The third kappa shape index (κ3) is 4.04. The van der Waals surface area contributed by atoms with Gasteiger partial charge in [0.15, 0.2) is 11.5 Å². The molecule has 2 heterocycles. The van der Waals surface area contributed by atoms with Crippen molar-refractivity contribution in [3.05, 3.63) is 42.5 Å². The number of amides is 1. The Kier molecular flexibility index (Phi) is 5.07. The van der Waals surface area contributed by atoms with Crippen molar-refractivity contribution in [1.29, 1.82) is 0 Å². The van der Waals surface area contributed by atoms with Crippen molar-refractivity contribution in [3.8, 4) is 23.0 Å². The van der Waals surface area contributed by atoms with Crippen LogP contribution in [0.3, 0.4) is 0 Å². The van der Waals surface area contributed by atoms with Crippen molar-refractivity contribution in [2.24, 2.45) is 0 Å². The maximum absolute atomic E-state index is 12.1. The van der Waals surface area contributed by atoms with Gasteiger partial charge in [0, 0.05) is 31.0 Å². The molecule has 4 rings (SSSR count). The number of thioether (sulfide) groups is 1. The molecule has 0 aliphatic carbocycles. The van der Waals surface area contributed by atoms with Crippen molar-refractivity contribution in [2.75, 3.05) is 36.9 Å². The van der Waals surface area contributed by atoms with Crippen LogP contribution in [-0.2, 0) is 4.79 Å². The molecule has 2 aromatic carbocycles. The number of fused-ring (bicyclic) bond motifs is 1. The summed E-state index contributed by atoms with van der Waals surface area (Å²) in [7, 11) is 3.93. The van der Waals surface area contributed by atoms with Gasteiger partial charge in [-0.1, -0.05) is 11.8 Å². The monoisotopic (exact) mass is 398 g/mol. The number of carbonyl (C=O) groups is 1. The van der Waals surface area contributed by atoms with Gasteiger partial charge in [-0.15, -0.1) is 10.2 Å². The minimum absolute atomic E-state index is 0.148. The highest BCUT2D eigenvalue weighted by Crippen LogP contribution is 2.36. The molecular weight excluding hydrogens is 380 g/mol. The fourth-order valence-electron chi connectivity index (χ4n) is 2.58. The average molecular weight is 398 g/mol. The number of nitrogens with one attached hydrogen (secondary N) is 1. The van der Waals surface area contributed by atoms with E-state index in [9.17, 15) is 4.79 Å². The summed E-state index contributed by atoms with van der Waals surface area (Å²) < 4.78 is 16.3. The molecular formula is C19H18N4O4S. The summed E-state index contributed by atoms with van der Waals surface area (Å²) in [4.78, 5) is 14.1. The third-order valence-electron chi connectivity index (χ3n) is 4.02. The molecule has 1 N–H and O–H groups in total. The first-order chi connectivity index (χ1) is 13.6. The van der Waals surface area contributed by atoms with E-state index in [2.05, 4.69) is 15.5 Å². The number of nitrogens with zero attached hydrogens (tertiary/aromatic N) is 3. The Balaban J connectivity index is 1.33. The van der Waals surface area contributed by atoms with Crippen LogP contribution in [0.25, 0.3) is 11.5 Å². The molecule has 0 bridgehead atoms. The number of anilines is 2. The number of benzene rings is 2. The lowest BCUT2D eigenvalue weighted by molar-refractivity contribution is -0.113. The molecule has 0 saturated carbocycles. The van der Waals surface area contributed by atoms with Crippen LogP contribution in [0.5, 0.6) is 11.5 Å². The van der Waals surface area contributed by atoms with E-state index >= 15 is 0 Å². The summed E-state index contributed by atoms with van der Waals surface area (Å²) >= 11 is 1.18. The van der Waals surface area contributed by atoms with Crippen LogP contribution in [-0.4, -0.2) is 42.7 Å². The van der Waals surface area contributed by atoms with E-state index in [4.69, 9.17) is 13.9 Å². The van der Waals surface area contributed by atoms with Gasteiger partial charge in [0.25, 0.3) is 5.22 Å². The van der Waals surface area contributed by atoms with Crippen molar-refractivity contribution >= 4 is 29.0 Å². The highest BCUT2D eigenvalue weighted by atomic mass is 32.2. The fourth-order valence-corrected chi connectivity index (χ4v) is 3.14. The Bertz CT molecular complexity index is 988. The molecule has 8 nitrogen and oxygen atoms in total. The van der Waals surface area contributed by atoms with Crippen LogP contribution >= 0.6 is 11.8 Å². The zero-order valence-corrected chi connectivity index (χ0v) is 16.2. The summed E-state index contributed by atoms with van der Waals surface area (Å²) in [5.41, 5.74) is 2.53. The predicted molar refractivity (Wildman–Crippen MR) is 106 cm³/mol. The van der Waals surface area contributed by atoms with Crippen molar-refractivity contribution in [2.45, 2.75) is 5.22 Å². The minimum atomic E-state index is -0.148. The lowest BCUT2D eigenvalue weighted by Gasteiger charge is -2.12. The van der Waals surface area contributed by atoms with Gasteiger partial charge in [0.05, 0.1) is 5.75 Å². The minimum Gasteiger partial charge on any atom is -0.454 e. The Labute approximate surface area is 165 Å². The first kappa shape index (κ1) is 18.2. The second-order valence-electron chi connectivity index (χ2n) is 6.22. The van der Waals surface area contributed by atoms with Gasteiger partial charge in [-0.05, 0) is 42.5 Å². The normalized spacial score (nSPS) is 12.1. The summed E-state index contributed by atoms with van der Waals surface area (Å²) in [6.45, 7) is 0.205. The second kappa shape index (κ2) is 7.81. The highest BCUT2D eigenvalue weighted by Gasteiger charge is 2.17. The zero-order chi connectivity index (χ0) is 19.5. The molecule has 1 amide bonds. The van der Waals surface area contributed by atoms with E-state index < -0.39 is 0 Å². The molecule has 9 heteroatoms. The standard InChI is InChI=1S/C19H18N4O4S/c1-23(2)14-6-4-13(5-7-14)20-17(24)10-28-19-22-21-18(27-19)12-3-8-15-16(9-12)26-11-25-15/h3-9H,10-11H2,1-2H3,(H,20,24). The second-order valence-corrected chi connectivity index (χ2v) is 7.15. The Hall–Kier alpha value is -3.20. The van der Waals surface area contributed by atoms with Gasteiger partial charge in [-0.3, -0.25) is 4.79 Å². The van der Waals surface area contributed by atoms with Crippen molar-refractivity contribution < 1.29 is 18.7 Å². The topological polar surface area (TPSA) is 89.7 Å². The van der Waals surface area contributed by atoms with Crippen LogP contribution < -0.4 is 19.7 Å². The Morgan fingerprint density at radius 1 is 1.11 bits per heavy atom. The maximum atomic E-state index is 12.1. The number of ether oxygens (including phenoxy) is 2. The smallest absolute Gasteiger partial charge is 0.277 e. The molecule has 1 aromatic heterocycles. The van der Waals surface area contributed by atoms with Gasteiger partial charge in [-0.25, -0.2) is 0 Å². The van der Waals surface area contributed by atoms with Crippen LogP contribution in [0.2, 0.25) is 0 Å².